The van der Waals surface area contributed by atoms with Gasteiger partial charge in [-0.25, -0.2) is 0 Å². The van der Waals surface area contributed by atoms with E-state index in [1.54, 1.807) is 0 Å². The Morgan fingerprint density at radius 1 is 1.60 bits per heavy atom. The minimum absolute atomic E-state index is 0. The number of carboxylic acids is 1. The third-order valence-corrected chi connectivity index (χ3v) is 1.03. The van der Waals surface area contributed by atoms with E-state index in [9.17, 15) is 4.79 Å². The van der Waals surface area contributed by atoms with Crippen LogP contribution in [0.25, 0.3) is 0 Å². The average Bonchev–Trinajstić information content (AvgIpc) is 1.62. The van der Waals surface area contributed by atoms with Crippen LogP contribution in [0.2, 0.25) is 0 Å². The number of aliphatic hydroxyl groups is 1. The summed E-state index contributed by atoms with van der Waals surface area (Å²) in [6.07, 6.45) is 0. The summed E-state index contributed by atoms with van der Waals surface area (Å²) in [5.41, 5.74) is 3.70. The summed E-state index contributed by atoms with van der Waals surface area (Å²) in [4.78, 5) is 10.1. The molecule has 0 rings (SSSR count). The van der Waals surface area contributed by atoms with E-state index in [4.69, 9.17) is 15.9 Å². The smallest absolute Gasteiger partial charge is 0.323 e. The van der Waals surface area contributed by atoms with Crippen molar-refractivity contribution >= 4 is 18.4 Å². The second kappa shape index (κ2) is 3.75. The molecule has 0 fully saturated rings. The Kier molecular flexibility index (Phi) is 4.64. The zero-order valence-electron chi connectivity index (χ0n) is 5.87. The fourth-order valence-corrected chi connectivity index (χ4v) is 0.302. The fraction of sp³-hybridized carbons (Fsp3) is 0.800. The number of carboxylic acid groups (broad SMARTS) is 1. The molecule has 0 saturated heterocycles. The van der Waals surface area contributed by atoms with E-state index in [-0.39, 0.29) is 12.4 Å². The molecule has 0 aliphatic rings. The molecule has 0 unspecified atom stereocenters. The molecule has 0 aromatic rings. The van der Waals surface area contributed by atoms with Crippen LogP contribution < -0.4 is 5.73 Å². The zero-order chi connectivity index (χ0) is 7.65. The highest BCUT2D eigenvalue weighted by molar-refractivity contribution is 5.85. The third kappa shape index (κ3) is 3.66. The largest absolute Gasteiger partial charge is 0.480 e. The highest BCUT2D eigenvalue weighted by atomic mass is 35.5. The maximum atomic E-state index is 10.1. The van der Waals surface area contributed by atoms with Gasteiger partial charge >= 0.3 is 5.97 Å². The summed E-state index contributed by atoms with van der Waals surface area (Å²) >= 11 is 0. The van der Waals surface area contributed by atoms with Crippen LogP contribution in [0.3, 0.4) is 0 Å². The van der Waals surface area contributed by atoms with Crippen LogP contribution in [0, 0.1) is 0 Å². The Morgan fingerprint density at radius 2 is 1.90 bits per heavy atom. The van der Waals surface area contributed by atoms with Gasteiger partial charge < -0.3 is 15.9 Å². The Labute approximate surface area is 65.4 Å². The zero-order valence-corrected chi connectivity index (χ0v) is 6.68. The van der Waals surface area contributed by atoms with Crippen molar-refractivity contribution < 1.29 is 15.0 Å². The van der Waals surface area contributed by atoms with Crippen LogP contribution in [-0.4, -0.2) is 27.8 Å². The Balaban J connectivity index is 0. The normalized spacial score (nSPS) is 13.6. The number of nitrogens with two attached hydrogens (primary N) is 1. The van der Waals surface area contributed by atoms with Gasteiger partial charge in [0.1, 0.15) is 6.04 Å². The first-order valence-electron chi connectivity index (χ1n) is 2.56. The first-order valence-corrected chi connectivity index (χ1v) is 2.56. The van der Waals surface area contributed by atoms with E-state index < -0.39 is 17.6 Å². The lowest BCUT2D eigenvalue weighted by Gasteiger charge is -2.20. The summed E-state index contributed by atoms with van der Waals surface area (Å²) in [5, 5.41) is 17.2. The molecule has 1 atom stereocenters. The van der Waals surface area contributed by atoms with Crippen LogP contribution in [0.15, 0.2) is 0 Å². The summed E-state index contributed by atoms with van der Waals surface area (Å²) in [7, 11) is 0. The van der Waals surface area contributed by atoms with E-state index in [2.05, 4.69) is 0 Å². The van der Waals surface area contributed by atoms with E-state index in [1.165, 1.54) is 13.8 Å². The summed E-state index contributed by atoms with van der Waals surface area (Å²) in [5.74, 6) is -1.19. The number of aliphatic carboxylic acids is 1. The van der Waals surface area contributed by atoms with Gasteiger partial charge in [-0.2, -0.15) is 0 Å². The van der Waals surface area contributed by atoms with Crippen LogP contribution in [0.5, 0.6) is 0 Å². The van der Waals surface area contributed by atoms with E-state index in [0.717, 1.165) is 0 Å². The minimum atomic E-state index is -1.34. The summed E-state index contributed by atoms with van der Waals surface area (Å²) < 4.78 is 0. The Morgan fingerprint density at radius 3 is 1.90 bits per heavy atom. The lowest BCUT2D eigenvalue weighted by molar-refractivity contribution is -0.143. The molecule has 62 valence electrons. The van der Waals surface area contributed by atoms with Gasteiger partial charge in [0.2, 0.25) is 0 Å². The molecule has 0 aliphatic heterocycles. The Bertz CT molecular complexity index is 121. The van der Waals surface area contributed by atoms with Gasteiger partial charge in [0.15, 0.2) is 0 Å². The molecule has 0 aromatic carbocycles. The molecule has 10 heavy (non-hydrogen) atoms. The van der Waals surface area contributed by atoms with Gasteiger partial charge in [-0.05, 0) is 13.8 Å². The van der Waals surface area contributed by atoms with Crippen molar-refractivity contribution in [1.82, 2.24) is 0 Å². The molecule has 5 heteroatoms. The van der Waals surface area contributed by atoms with E-state index in [1.807, 2.05) is 0 Å². The SMILES string of the molecule is CC(C)(O)[C@H](N)C(=O)O.Cl. The van der Waals surface area contributed by atoms with Gasteiger partial charge in [-0.15, -0.1) is 12.4 Å². The number of halogens is 1. The predicted molar refractivity (Wildman–Crippen MR) is 39.2 cm³/mol. The maximum absolute atomic E-state index is 10.1. The first-order chi connectivity index (χ1) is 3.85. The van der Waals surface area contributed by atoms with Crippen molar-refractivity contribution in [3.05, 3.63) is 0 Å². The van der Waals surface area contributed by atoms with Crippen molar-refractivity contribution in [3.63, 3.8) is 0 Å². The predicted octanol–water partition coefficient (Wildman–Crippen LogP) is -0.409. The molecular formula is C5H12ClNO3. The van der Waals surface area contributed by atoms with Crippen LogP contribution in [-0.2, 0) is 4.79 Å². The lowest BCUT2D eigenvalue weighted by Crippen LogP contribution is -2.48. The fourth-order valence-electron chi connectivity index (χ4n) is 0.302. The highest BCUT2D eigenvalue weighted by Gasteiger charge is 2.28. The molecule has 0 saturated carbocycles. The van der Waals surface area contributed by atoms with Gasteiger partial charge in [-0.3, -0.25) is 4.79 Å². The van der Waals surface area contributed by atoms with E-state index >= 15 is 0 Å². The molecule has 0 bridgehead atoms. The van der Waals surface area contributed by atoms with Gasteiger partial charge in [0.25, 0.3) is 0 Å². The Hall–Kier alpha value is -0.320. The molecule has 0 aliphatic carbocycles. The molecule has 0 aromatic heterocycles. The standard InChI is InChI=1S/C5H11NO3.ClH/c1-5(2,9)3(6)4(7)8;/h3,9H,6H2,1-2H3,(H,7,8);1H/t3-;/m1./s1. The third-order valence-electron chi connectivity index (χ3n) is 1.03. The molecule has 4 N–H and O–H groups in total. The number of carbonyl (C=O) groups is 1. The van der Waals surface area contributed by atoms with E-state index in [0.29, 0.717) is 0 Å². The second-order valence-corrected chi connectivity index (χ2v) is 2.47. The molecule has 0 radical (unpaired) electrons. The lowest BCUT2D eigenvalue weighted by atomic mass is 10.0. The van der Waals surface area contributed by atoms with Crippen molar-refractivity contribution in [2.75, 3.05) is 0 Å². The minimum Gasteiger partial charge on any atom is -0.480 e. The molecule has 0 heterocycles. The van der Waals surface area contributed by atoms with Gasteiger partial charge in [0, 0.05) is 0 Å². The molecule has 0 spiro atoms. The summed E-state index contributed by atoms with van der Waals surface area (Å²) in [6, 6.07) is -1.21. The topological polar surface area (TPSA) is 83.5 Å². The molecular weight excluding hydrogens is 158 g/mol. The molecule has 0 amide bonds. The average molecular weight is 170 g/mol. The first kappa shape index (κ1) is 12.4. The van der Waals surface area contributed by atoms with Gasteiger partial charge in [-0.1, -0.05) is 0 Å². The molecule has 4 nitrogen and oxygen atoms in total. The van der Waals surface area contributed by atoms with Crippen molar-refractivity contribution in [1.29, 1.82) is 0 Å². The van der Waals surface area contributed by atoms with Crippen LogP contribution in [0.4, 0.5) is 0 Å². The van der Waals surface area contributed by atoms with Crippen LogP contribution in [0.1, 0.15) is 13.8 Å². The van der Waals surface area contributed by atoms with Crippen molar-refractivity contribution in [2.45, 2.75) is 25.5 Å². The van der Waals surface area contributed by atoms with Gasteiger partial charge in [0.05, 0.1) is 5.60 Å². The summed E-state index contributed by atoms with van der Waals surface area (Å²) in [6.45, 7) is 2.71. The number of rotatable bonds is 2. The second-order valence-electron chi connectivity index (χ2n) is 2.47. The highest BCUT2D eigenvalue weighted by Crippen LogP contribution is 2.04. The number of hydrogen-bond donors (Lipinski definition) is 3. The number of hydrogen-bond acceptors (Lipinski definition) is 3. The van der Waals surface area contributed by atoms with Crippen LogP contribution >= 0.6 is 12.4 Å². The quantitative estimate of drug-likeness (QED) is 0.525. The monoisotopic (exact) mass is 169 g/mol. The van der Waals surface area contributed by atoms with Crippen molar-refractivity contribution in [3.8, 4) is 0 Å². The van der Waals surface area contributed by atoms with Crippen molar-refractivity contribution in [2.24, 2.45) is 5.73 Å². The maximum Gasteiger partial charge on any atom is 0.323 e.